The van der Waals surface area contributed by atoms with Crippen LogP contribution in [0.2, 0.25) is 0 Å². The molecule has 0 radical (unpaired) electrons. The van der Waals surface area contributed by atoms with Crippen LogP contribution in [-0.4, -0.2) is 20.8 Å². The average Bonchev–Trinajstić information content (AvgIpc) is 2.28. The third-order valence-corrected chi connectivity index (χ3v) is 2.64. The number of hydrogen-bond donors (Lipinski definition) is 1. The molecule has 0 aliphatic heterocycles. The molecule has 0 heterocycles. The summed E-state index contributed by atoms with van der Waals surface area (Å²) in [6, 6.07) is 3.52. The zero-order chi connectivity index (χ0) is 11.3. The maximum atomic E-state index is 10.9. The van der Waals surface area contributed by atoms with Gasteiger partial charge in [0.25, 0.3) is 0 Å². The van der Waals surface area contributed by atoms with E-state index in [4.69, 9.17) is 15.2 Å². The standard InChI is InChI=1S/C10H14NO3P/c1-13-8-6-10(15-12)9(14-2)5-7(8)3-4-11/h5-6H,3-4,11H2,1-2H3. The first kappa shape index (κ1) is 12.0. The van der Waals surface area contributed by atoms with Crippen LogP contribution in [0.4, 0.5) is 0 Å². The molecule has 1 aromatic carbocycles. The first-order valence-electron chi connectivity index (χ1n) is 4.55. The summed E-state index contributed by atoms with van der Waals surface area (Å²) >= 11 is 0. The molecular formula is C10H14NO3P. The summed E-state index contributed by atoms with van der Waals surface area (Å²) in [6.07, 6.45) is 0.704. The Kier molecular flexibility index (Phi) is 4.53. The SMILES string of the molecule is COc1cc(P=O)c(OC)cc1CCN. The second kappa shape index (κ2) is 5.69. The van der Waals surface area contributed by atoms with Gasteiger partial charge in [-0.1, -0.05) is 0 Å². The van der Waals surface area contributed by atoms with Gasteiger partial charge in [0.15, 0.2) is 8.46 Å². The van der Waals surface area contributed by atoms with Crippen molar-refractivity contribution in [3.8, 4) is 11.5 Å². The first-order valence-corrected chi connectivity index (χ1v) is 5.36. The van der Waals surface area contributed by atoms with Crippen molar-refractivity contribution in [3.63, 3.8) is 0 Å². The molecule has 5 heteroatoms. The monoisotopic (exact) mass is 227 g/mol. The summed E-state index contributed by atoms with van der Waals surface area (Å²) in [4.78, 5) is 0. The Morgan fingerprint density at radius 3 is 2.40 bits per heavy atom. The predicted molar refractivity (Wildman–Crippen MR) is 59.5 cm³/mol. The van der Waals surface area contributed by atoms with E-state index >= 15 is 0 Å². The van der Waals surface area contributed by atoms with Crippen molar-refractivity contribution in [1.82, 2.24) is 0 Å². The number of methoxy groups -OCH3 is 2. The van der Waals surface area contributed by atoms with Gasteiger partial charge in [0.05, 0.1) is 19.5 Å². The van der Waals surface area contributed by atoms with E-state index in [2.05, 4.69) is 0 Å². The van der Waals surface area contributed by atoms with Gasteiger partial charge in [-0.25, -0.2) is 0 Å². The fourth-order valence-electron chi connectivity index (χ4n) is 1.37. The zero-order valence-electron chi connectivity index (χ0n) is 8.82. The summed E-state index contributed by atoms with van der Waals surface area (Å²) in [7, 11) is 3.04. The van der Waals surface area contributed by atoms with Crippen LogP contribution in [0.1, 0.15) is 5.56 Å². The fourth-order valence-corrected chi connectivity index (χ4v) is 1.78. The van der Waals surface area contributed by atoms with E-state index in [0.717, 1.165) is 5.56 Å². The van der Waals surface area contributed by atoms with Crippen LogP contribution in [0, 0.1) is 0 Å². The molecule has 0 aromatic heterocycles. The lowest BCUT2D eigenvalue weighted by atomic mass is 10.1. The lowest BCUT2D eigenvalue weighted by Gasteiger charge is -2.11. The van der Waals surface area contributed by atoms with Gasteiger partial charge in [-0.2, -0.15) is 0 Å². The van der Waals surface area contributed by atoms with Gasteiger partial charge in [-0.3, -0.25) is 4.57 Å². The van der Waals surface area contributed by atoms with Crippen LogP contribution in [0.5, 0.6) is 11.5 Å². The highest BCUT2D eigenvalue weighted by molar-refractivity contribution is 7.34. The molecule has 0 aliphatic carbocycles. The van der Waals surface area contributed by atoms with E-state index in [1.165, 1.54) is 0 Å². The minimum atomic E-state index is -0.0813. The minimum absolute atomic E-state index is 0.0813. The smallest absolute Gasteiger partial charge is 0.196 e. The van der Waals surface area contributed by atoms with Crippen LogP contribution in [0.15, 0.2) is 12.1 Å². The maximum Gasteiger partial charge on any atom is 0.196 e. The second-order valence-corrected chi connectivity index (χ2v) is 3.63. The van der Waals surface area contributed by atoms with Crippen molar-refractivity contribution in [2.75, 3.05) is 20.8 Å². The molecule has 0 atom stereocenters. The lowest BCUT2D eigenvalue weighted by molar-refractivity contribution is 0.401. The highest BCUT2D eigenvalue weighted by Gasteiger charge is 2.10. The average molecular weight is 227 g/mol. The lowest BCUT2D eigenvalue weighted by Crippen LogP contribution is -2.08. The Morgan fingerprint density at radius 2 is 1.93 bits per heavy atom. The Balaban J connectivity index is 3.20. The van der Waals surface area contributed by atoms with E-state index in [9.17, 15) is 4.57 Å². The van der Waals surface area contributed by atoms with Gasteiger partial charge < -0.3 is 15.2 Å². The molecule has 1 aromatic rings. The van der Waals surface area contributed by atoms with Crippen LogP contribution in [0.25, 0.3) is 0 Å². The molecule has 82 valence electrons. The number of benzene rings is 1. The summed E-state index contributed by atoms with van der Waals surface area (Å²) < 4.78 is 21.2. The molecule has 2 N–H and O–H groups in total. The summed E-state index contributed by atoms with van der Waals surface area (Å²) in [5.74, 6) is 1.29. The van der Waals surface area contributed by atoms with Crippen LogP contribution < -0.4 is 20.5 Å². The zero-order valence-corrected chi connectivity index (χ0v) is 9.71. The van der Waals surface area contributed by atoms with Gasteiger partial charge in [-0.15, -0.1) is 0 Å². The van der Waals surface area contributed by atoms with Gasteiger partial charge in [0.1, 0.15) is 11.5 Å². The van der Waals surface area contributed by atoms with Crippen molar-refractivity contribution >= 4 is 13.8 Å². The fraction of sp³-hybridized carbons (Fsp3) is 0.400. The van der Waals surface area contributed by atoms with Crippen molar-refractivity contribution in [3.05, 3.63) is 17.7 Å². The molecule has 0 unspecified atom stereocenters. The molecule has 0 saturated carbocycles. The molecular weight excluding hydrogens is 213 g/mol. The van der Waals surface area contributed by atoms with Gasteiger partial charge in [0, 0.05) is 0 Å². The van der Waals surface area contributed by atoms with Crippen LogP contribution in [0.3, 0.4) is 0 Å². The molecule has 1 rings (SSSR count). The quantitative estimate of drug-likeness (QED) is 0.766. The summed E-state index contributed by atoms with van der Waals surface area (Å²) in [6.45, 7) is 0.536. The summed E-state index contributed by atoms with van der Waals surface area (Å²) in [5, 5.41) is 0.579. The third-order valence-electron chi connectivity index (χ3n) is 2.09. The third kappa shape index (κ3) is 2.67. The Labute approximate surface area is 90.6 Å². The molecule has 15 heavy (non-hydrogen) atoms. The largest absolute Gasteiger partial charge is 0.496 e. The molecule has 0 aliphatic rings. The van der Waals surface area contributed by atoms with E-state index in [-0.39, 0.29) is 8.46 Å². The van der Waals surface area contributed by atoms with E-state index in [1.54, 1.807) is 20.3 Å². The molecule has 0 fully saturated rings. The van der Waals surface area contributed by atoms with Gasteiger partial charge in [-0.05, 0) is 30.7 Å². The topological polar surface area (TPSA) is 61.5 Å². The van der Waals surface area contributed by atoms with E-state index in [0.29, 0.717) is 29.8 Å². The van der Waals surface area contributed by atoms with Crippen molar-refractivity contribution in [1.29, 1.82) is 0 Å². The molecule has 0 saturated heterocycles. The molecule has 4 nitrogen and oxygen atoms in total. The van der Waals surface area contributed by atoms with Crippen molar-refractivity contribution in [2.45, 2.75) is 6.42 Å². The highest BCUT2D eigenvalue weighted by Crippen LogP contribution is 2.25. The molecule has 0 spiro atoms. The normalized spacial score (nSPS) is 10.3. The second-order valence-electron chi connectivity index (χ2n) is 2.97. The Bertz CT molecular complexity index is 355. The van der Waals surface area contributed by atoms with Crippen LogP contribution in [-0.2, 0) is 11.0 Å². The molecule has 0 amide bonds. The Morgan fingerprint density at radius 1 is 1.27 bits per heavy atom. The van der Waals surface area contributed by atoms with Gasteiger partial charge in [0.2, 0.25) is 0 Å². The molecule has 0 bridgehead atoms. The predicted octanol–water partition coefficient (Wildman–Crippen LogP) is 1.12. The number of nitrogens with two attached hydrogens (primary N) is 1. The van der Waals surface area contributed by atoms with Crippen molar-refractivity contribution < 1.29 is 14.0 Å². The first-order chi connectivity index (χ1) is 7.26. The van der Waals surface area contributed by atoms with Crippen LogP contribution >= 0.6 is 8.46 Å². The number of hydrogen-bond acceptors (Lipinski definition) is 4. The minimum Gasteiger partial charge on any atom is -0.496 e. The van der Waals surface area contributed by atoms with Crippen molar-refractivity contribution in [2.24, 2.45) is 5.73 Å². The number of rotatable bonds is 5. The highest BCUT2D eigenvalue weighted by atomic mass is 31.1. The number of ether oxygens (including phenoxy) is 2. The van der Waals surface area contributed by atoms with Gasteiger partial charge >= 0.3 is 0 Å². The maximum absolute atomic E-state index is 10.9. The summed E-state index contributed by atoms with van der Waals surface area (Å²) in [5.41, 5.74) is 6.45. The van der Waals surface area contributed by atoms with E-state index in [1.807, 2.05) is 6.07 Å². The van der Waals surface area contributed by atoms with E-state index < -0.39 is 0 Å². The Hall–Kier alpha value is -1.12.